The van der Waals surface area contributed by atoms with Crippen molar-refractivity contribution in [1.82, 2.24) is 9.55 Å². The zero-order chi connectivity index (χ0) is 20.8. The first kappa shape index (κ1) is 15.8. The number of benzene rings is 4. The fourth-order valence-electron chi connectivity index (χ4n) is 3.99. The highest BCUT2D eigenvalue weighted by Gasteiger charge is 2.18. The molecule has 0 saturated carbocycles. The van der Waals surface area contributed by atoms with Gasteiger partial charge in [-0.25, -0.2) is 4.98 Å². The van der Waals surface area contributed by atoms with Gasteiger partial charge in [0.15, 0.2) is 0 Å². The lowest BCUT2D eigenvalue weighted by molar-refractivity contribution is 0.616. The van der Waals surface area contributed by atoms with E-state index in [1.165, 1.54) is 11.1 Å². The van der Waals surface area contributed by atoms with Gasteiger partial charge in [-0.15, -0.1) is 0 Å². The van der Waals surface area contributed by atoms with Crippen LogP contribution in [0.25, 0.3) is 50.2 Å². The van der Waals surface area contributed by atoms with Crippen molar-refractivity contribution in [1.29, 1.82) is 0 Å². The van der Waals surface area contributed by atoms with Gasteiger partial charge in [0.2, 0.25) is 0 Å². The molecule has 0 aliphatic rings. The number of hydrogen-bond donors (Lipinski definition) is 0. The van der Waals surface area contributed by atoms with Crippen LogP contribution in [0.2, 0.25) is 0 Å². The Labute approximate surface area is 175 Å². The lowest BCUT2D eigenvalue weighted by Crippen LogP contribution is -1.97. The number of rotatable bonds is 3. The third-order valence-electron chi connectivity index (χ3n) is 5.45. The molecule has 6 rings (SSSR count). The maximum Gasteiger partial charge on any atom is 0.149 e. The molecule has 0 aliphatic carbocycles. The summed E-state index contributed by atoms with van der Waals surface area (Å²) >= 11 is 0. The molecule has 3 heteroatoms. The van der Waals surface area contributed by atoms with Gasteiger partial charge in [-0.1, -0.05) is 72.8 Å². The molecule has 0 aliphatic heterocycles. The number of furan rings is 1. The molecule has 30 heavy (non-hydrogen) atoms. The highest BCUT2D eigenvalue weighted by molar-refractivity contribution is 5.95. The summed E-state index contributed by atoms with van der Waals surface area (Å²) in [7, 11) is 0. The van der Waals surface area contributed by atoms with Crippen LogP contribution >= 0.6 is 0 Å². The van der Waals surface area contributed by atoms with Gasteiger partial charge in [-0.05, 0) is 41.5 Å². The molecule has 0 amide bonds. The van der Waals surface area contributed by atoms with Gasteiger partial charge in [0.25, 0.3) is 0 Å². The van der Waals surface area contributed by atoms with E-state index in [0.717, 1.165) is 39.1 Å². The molecule has 2 aromatic heterocycles. The highest BCUT2D eigenvalue weighted by atomic mass is 16.3. The van der Waals surface area contributed by atoms with Gasteiger partial charge in [0.05, 0.1) is 18.0 Å². The molecule has 0 bridgehead atoms. The first-order chi connectivity index (χ1) is 15.3. The number of nitrogens with zero attached hydrogens (tertiary/aromatic N) is 2. The zero-order valence-electron chi connectivity index (χ0n) is 17.1. The Morgan fingerprint density at radius 2 is 1.50 bits per heavy atom. The van der Waals surface area contributed by atoms with Crippen LogP contribution in [0.15, 0.2) is 114 Å². The number of aromatic nitrogens is 2. The van der Waals surface area contributed by atoms with Crippen LogP contribution < -0.4 is 0 Å². The second-order valence-electron chi connectivity index (χ2n) is 7.24. The molecule has 4 aromatic carbocycles. The van der Waals surface area contributed by atoms with E-state index in [9.17, 15) is 0 Å². The number of imidazole rings is 1. The van der Waals surface area contributed by atoms with E-state index >= 15 is 0 Å². The Balaban J connectivity index is 1.57. The van der Waals surface area contributed by atoms with E-state index < -0.39 is 0 Å². The summed E-state index contributed by atoms with van der Waals surface area (Å²) in [6.45, 7) is 0. The zero-order valence-corrected chi connectivity index (χ0v) is 16.1. The molecule has 6 aromatic rings. The van der Waals surface area contributed by atoms with Gasteiger partial charge < -0.3 is 4.42 Å². The lowest BCUT2D eigenvalue weighted by atomic mass is 10.1. The Morgan fingerprint density at radius 1 is 0.733 bits per heavy atom. The van der Waals surface area contributed by atoms with Gasteiger partial charge in [0, 0.05) is 11.1 Å². The fourth-order valence-corrected chi connectivity index (χ4v) is 3.99. The maximum absolute atomic E-state index is 8.04. The SMILES string of the molecule is [2H]c1ccc2occ(-c3nc4ccccc4n3-c3ccc(-c4ccccc4)cc3)c2c1. The minimum Gasteiger partial charge on any atom is -0.464 e. The fraction of sp³-hybridized carbons (Fsp3) is 0. The second kappa shape index (κ2) is 6.75. The third kappa shape index (κ3) is 2.64. The molecule has 0 atom stereocenters. The van der Waals surface area contributed by atoms with Crippen molar-refractivity contribution in [2.75, 3.05) is 0 Å². The number of hydrogen-bond acceptors (Lipinski definition) is 2. The number of fused-ring (bicyclic) bond motifs is 2. The summed E-state index contributed by atoms with van der Waals surface area (Å²) in [4.78, 5) is 4.93. The minimum absolute atomic E-state index is 0.449. The van der Waals surface area contributed by atoms with Crippen LogP contribution in [-0.2, 0) is 0 Å². The molecular formula is C27H18N2O. The van der Waals surface area contributed by atoms with E-state index in [2.05, 4.69) is 59.2 Å². The van der Waals surface area contributed by atoms with Crippen LogP contribution in [0.5, 0.6) is 0 Å². The monoisotopic (exact) mass is 387 g/mol. The Hall–Kier alpha value is -4.11. The molecule has 0 saturated heterocycles. The summed E-state index contributed by atoms with van der Waals surface area (Å²) in [5, 5.41) is 0.893. The lowest BCUT2D eigenvalue weighted by Gasteiger charge is -2.10. The maximum atomic E-state index is 8.04. The predicted octanol–water partition coefficient (Wildman–Crippen LogP) is 7.11. The topological polar surface area (TPSA) is 31.0 Å². The molecule has 0 unspecified atom stereocenters. The smallest absolute Gasteiger partial charge is 0.149 e. The molecule has 0 N–H and O–H groups in total. The van der Waals surface area contributed by atoms with Crippen molar-refractivity contribution >= 4 is 22.0 Å². The van der Waals surface area contributed by atoms with Crippen LogP contribution in [0, 0.1) is 0 Å². The van der Waals surface area contributed by atoms with Gasteiger partial charge in [-0.2, -0.15) is 0 Å². The predicted molar refractivity (Wildman–Crippen MR) is 122 cm³/mol. The Kier molecular flexibility index (Phi) is 3.55. The van der Waals surface area contributed by atoms with E-state index in [1.807, 2.05) is 36.4 Å². The van der Waals surface area contributed by atoms with E-state index in [1.54, 1.807) is 12.3 Å². The van der Waals surface area contributed by atoms with E-state index in [0.29, 0.717) is 6.04 Å². The summed E-state index contributed by atoms with van der Waals surface area (Å²) in [5.74, 6) is 0.804. The van der Waals surface area contributed by atoms with Crippen molar-refractivity contribution in [2.45, 2.75) is 0 Å². The summed E-state index contributed by atoms with van der Waals surface area (Å²) in [6.07, 6.45) is 1.74. The summed E-state index contributed by atoms with van der Waals surface area (Å²) < 4.78 is 16.0. The third-order valence-corrected chi connectivity index (χ3v) is 5.45. The molecule has 142 valence electrons. The first-order valence-electron chi connectivity index (χ1n) is 10.4. The second-order valence-corrected chi connectivity index (χ2v) is 7.24. The largest absolute Gasteiger partial charge is 0.464 e. The average molecular weight is 387 g/mol. The van der Waals surface area contributed by atoms with Gasteiger partial charge >= 0.3 is 0 Å². The van der Waals surface area contributed by atoms with E-state index in [-0.39, 0.29) is 0 Å². The summed E-state index contributed by atoms with van der Waals surface area (Å²) in [5.41, 5.74) is 6.97. The summed E-state index contributed by atoms with van der Waals surface area (Å²) in [6, 6.07) is 32.9. The average Bonchev–Trinajstić information content (AvgIpc) is 3.40. The molecule has 0 spiro atoms. The Bertz CT molecular complexity index is 1530. The van der Waals surface area contributed by atoms with Crippen molar-refractivity contribution in [3.8, 4) is 28.2 Å². The van der Waals surface area contributed by atoms with Crippen LogP contribution in [0.1, 0.15) is 1.37 Å². The normalized spacial score (nSPS) is 11.8. The van der Waals surface area contributed by atoms with Crippen molar-refractivity contribution < 1.29 is 5.79 Å². The van der Waals surface area contributed by atoms with Gasteiger partial charge in [0.1, 0.15) is 17.7 Å². The first-order valence-corrected chi connectivity index (χ1v) is 9.89. The van der Waals surface area contributed by atoms with Crippen LogP contribution in [-0.4, -0.2) is 9.55 Å². The minimum atomic E-state index is 0.449. The molecule has 0 radical (unpaired) electrons. The number of para-hydroxylation sites is 3. The van der Waals surface area contributed by atoms with Crippen molar-refractivity contribution in [3.63, 3.8) is 0 Å². The molecule has 2 heterocycles. The van der Waals surface area contributed by atoms with Gasteiger partial charge in [-0.3, -0.25) is 4.57 Å². The quantitative estimate of drug-likeness (QED) is 0.324. The standard InChI is InChI=1S/C27H18N2O/c1-2-8-19(9-3-1)20-14-16-21(17-15-20)29-25-12-6-5-11-24(25)28-27(29)23-18-30-26-13-7-4-10-22(23)26/h1-18H/i4D. The Morgan fingerprint density at radius 3 is 2.37 bits per heavy atom. The molecule has 0 fully saturated rings. The van der Waals surface area contributed by atoms with Crippen LogP contribution in [0.3, 0.4) is 0 Å². The highest BCUT2D eigenvalue weighted by Crippen LogP contribution is 2.34. The molecule has 3 nitrogen and oxygen atoms in total. The van der Waals surface area contributed by atoms with E-state index in [4.69, 9.17) is 10.8 Å². The molecular weight excluding hydrogens is 368 g/mol. The van der Waals surface area contributed by atoms with Crippen molar-refractivity contribution in [3.05, 3.63) is 109 Å². The van der Waals surface area contributed by atoms with Crippen molar-refractivity contribution in [2.24, 2.45) is 0 Å². The van der Waals surface area contributed by atoms with Crippen LogP contribution in [0.4, 0.5) is 0 Å².